The molecule has 1 aliphatic heterocycles. The lowest BCUT2D eigenvalue weighted by molar-refractivity contribution is -0.111. The van der Waals surface area contributed by atoms with E-state index in [-0.39, 0.29) is 40.1 Å². The van der Waals surface area contributed by atoms with Crippen LogP contribution in [0, 0.1) is 0 Å². The zero-order valence-electron chi connectivity index (χ0n) is 20.6. The molecule has 0 saturated heterocycles. The number of nitrogens with one attached hydrogen (secondary N) is 2. The van der Waals surface area contributed by atoms with Gasteiger partial charge < -0.3 is 30.3 Å². The summed E-state index contributed by atoms with van der Waals surface area (Å²) in [5, 5.41) is 25.6. The highest BCUT2D eigenvalue weighted by Gasteiger charge is 2.32. The Morgan fingerprint density at radius 1 is 0.895 bits per heavy atom. The van der Waals surface area contributed by atoms with Gasteiger partial charge in [-0.3, -0.25) is 4.79 Å². The van der Waals surface area contributed by atoms with Crippen molar-refractivity contribution in [3.05, 3.63) is 106 Å². The highest BCUT2D eigenvalue weighted by atomic mass is 35.5. The minimum absolute atomic E-state index is 0.00955. The van der Waals surface area contributed by atoms with Gasteiger partial charge in [0.2, 0.25) is 0 Å². The van der Waals surface area contributed by atoms with E-state index in [9.17, 15) is 19.8 Å². The van der Waals surface area contributed by atoms with E-state index in [4.69, 9.17) is 21.1 Å². The van der Waals surface area contributed by atoms with E-state index in [1.807, 2.05) is 0 Å². The van der Waals surface area contributed by atoms with Gasteiger partial charge in [0.25, 0.3) is 0 Å². The number of hydrogen-bond acceptors (Lipinski definition) is 6. The summed E-state index contributed by atoms with van der Waals surface area (Å²) in [6.45, 7) is 0. The van der Waals surface area contributed by atoms with Crippen LogP contribution in [0.4, 0.5) is 4.79 Å². The van der Waals surface area contributed by atoms with Gasteiger partial charge in [-0.25, -0.2) is 4.79 Å². The summed E-state index contributed by atoms with van der Waals surface area (Å²) < 4.78 is 10.3. The van der Waals surface area contributed by atoms with Crippen LogP contribution >= 0.6 is 11.6 Å². The molecule has 4 N–H and O–H groups in total. The molecule has 0 aromatic heterocycles. The van der Waals surface area contributed by atoms with Gasteiger partial charge in [0.1, 0.15) is 0 Å². The first-order valence-electron chi connectivity index (χ1n) is 11.5. The van der Waals surface area contributed by atoms with E-state index in [1.54, 1.807) is 66.8 Å². The predicted molar refractivity (Wildman–Crippen MR) is 145 cm³/mol. The fraction of sp³-hybridized carbons (Fsp3) is 0.103. The third-order valence-electron chi connectivity index (χ3n) is 5.86. The van der Waals surface area contributed by atoms with E-state index < -0.39 is 12.1 Å². The maximum Gasteiger partial charge on any atom is 0.320 e. The standard InChI is InChI=1S/C29H25ClN2O6/c1-37-25-15-17(8-12-22(25)33)7-11-21-27(24(35)14-10-18-9-13-23(34)26(16-18)38-2)28(32-29(36)31-21)19-5-3-4-6-20(19)30/h3-16,28,33-34H,1-2H3,(H2,31,32,36)/b11-7+,14-10+. The third-order valence-corrected chi connectivity index (χ3v) is 6.21. The number of ether oxygens (including phenoxy) is 2. The first kappa shape index (κ1) is 26.4. The fourth-order valence-electron chi connectivity index (χ4n) is 3.97. The Morgan fingerprint density at radius 2 is 1.50 bits per heavy atom. The summed E-state index contributed by atoms with van der Waals surface area (Å²) >= 11 is 6.45. The number of aromatic hydroxyl groups is 2. The number of carbonyl (C=O) groups is 2. The number of urea groups is 1. The maximum absolute atomic E-state index is 13.6. The van der Waals surface area contributed by atoms with Crippen LogP contribution in [-0.4, -0.2) is 36.2 Å². The topological polar surface area (TPSA) is 117 Å². The van der Waals surface area contributed by atoms with Crippen LogP contribution in [0.5, 0.6) is 23.0 Å². The summed E-state index contributed by atoms with van der Waals surface area (Å²) in [6, 6.07) is 15.1. The van der Waals surface area contributed by atoms with Crippen molar-refractivity contribution < 1.29 is 29.3 Å². The molecule has 1 aliphatic rings. The molecule has 194 valence electrons. The summed E-state index contributed by atoms with van der Waals surface area (Å²) in [5.41, 5.74) is 2.41. The van der Waals surface area contributed by atoms with Crippen LogP contribution in [0.15, 0.2) is 84.1 Å². The number of methoxy groups -OCH3 is 2. The molecule has 9 heteroatoms. The minimum atomic E-state index is -0.821. The average Bonchev–Trinajstić information content (AvgIpc) is 2.91. The molecule has 0 spiro atoms. The largest absolute Gasteiger partial charge is 0.504 e. The van der Waals surface area contributed by atoms with E-state index in [0.29, 0.717) is 21.7 Å². The van der Waals surface area contributed by atoms with Crippen LogP contribution in [0.1, 0.15) is 22.7 Å². The first-order chi connectivity index (χ1) is 18.3. The molecule has 4 rings (SSSR count). The molecule has 0 saturated carbocycles. The number of halogens is 1. The molecular formula is C29H25ClN2O6. The van der Waals surface area contributed by atoms with Crippen molar-refractivity contribution in [3.8, 4) is 23.0 Å². The van der Waals surface area contributed by atoms with Crippen molar-refractivity contribution in [1.29, 1.82) is 0 Å². The molecule has 1 heterocycles. The Morgan fingerprint density at radius 3 is 2.11 bits per heavy atom. The van der Waals surface area contributed by atoms with Crippen LogP contribution in [-0.2, 0) is 4.79 Å². The molecule has 38 heavy (non-hydrogen) atoms. The Hall–Kier alpha value is -4.69. The van der Waals surface area contributed by atoms with Gasteiger partial charge in [0, 0.05) is 10.6 Å². The number of benzene rings is 3. The predicted octanol–water partition coefficient (Wildman–Crippen LogP) is 5.37. The third kappa shape index (κ3) is 5.82. The van der Waals surface area contributed by atoms with Crippen LogP contribution < -0.4 is 20.1 Å². The van der Waals surface area contributed by atoms with Gasteiger partial charge in [-0.2, -0.15) is 0 Å². The fourth-order valence-corrected chi connectivity index (χ4v) is 4.22. The molecule has 1 atom stereocenters. The first-order valence-corrected chi connectivity index (χ1v) is 11.9. The smallest absolute Gasteiger partial charge is 0.320 e. The van der Waals surface area contributed by atoms with Gasteiger partial charge in [0.05, 0.1) is 26.0 Å². The number of hydrogen-bond donors (Lipinski definition) is 4. The molecule has 3 aromatic carbocycles. The van der Waals surface area contributed by atoms with Crippen molar-refractivity contribution in [2.45, 2.75) is 6.04 Å². The van der Waals surface area contributed by atoms with Gasteiger partial charge in [0.15, 0.2) is 28.8 Å². The number of allylic oxidation sites excluding steroid dienone is 2. The van der Waals surface area contributed by atoms with Crippen molar-refractivity contribution in [2.75, 3.05) is 14.2 Å². The summed E-state index contributed by atoms with van der Waals surface area (Å²) in [7, 11) is 2.88. The van der Waals surface area contributed by atoms with Crippen molar-refractivity contribution in [1.82, 2.24) is 10.6 Å². The number of phenols is 2. The number of amides is 2. The van der Waals surface area contributed by atoms with E-state index >= 15 is 0 Å². The Balaban J connectivity index is 1.79. The Bertz CT molecular complexity index is 1480. The molecule has 8 nitrogen and oxygen atoms in total. The van der Waals surface area contributed by atoms with Crippen molar-refractivity contribution in [3.63, 3.8) is 0 Å². The molecule has 1 unspecified atom stereocenters. The molecule has 2 amide bonds. The summed E-state index contributed by atoms with van der Waals surface area (Å²) in [5.74, 6) is 0.150. The van der Waals surface area contributed by atoms with Crippen molar-refractivity contribution in [2.24, 2.45) is 0 Å². The van der Waals surface area contributed by atoms with Crippen LogP contribution in [0.25, 0.3) is 12.2 Å². The molecular weight excluding hydrogens is 508 g/mol. The van der Waals surface area contributed by atoms with Gasteiger partial charge in [-0.05, 0) is 59.2 Å². The van der Waals surface area contributed by atoms with Gasteiger partial charge in [-0.15, -0.1) is 0 Å². The quantitative estimate of drug-likeness (QED) is 0.290. The van der Waals surface area contributed by atoms with E-state index in [2.05, 4.69) is 10.6 Å². The number of phenolic OH excluding ortho intramolecular Hbond substituents is 2. The molecule has 0 fully saturated rings. The van der Waals surface area contributed by atoms with Crippen molar-refractivity contribution >= 4 is 35.6 Å². The number of rotatable bonds is 8. The van der Waals surface area contributed by atoms with E-state index in [0.717, 1.165) is 0 Å². The molecule has 0 radical (unpaired) electrons. The average molecular weight is 533 g/mol. The highest BCUT2D eigenvalue weighted by Crippen LogP contribution is 2.34. The van der Waals surface area contributed by atoms with E-state index in [1.165, 1.54) is 32.4 Å². The Kier molecular flexibility index (Phi) is 8.03. The second-order valence-electron chi connectivity index (χ2n) is 8.27. The second-order valence-corrected chi connectivity index (χ2v) is 8.68. The number of carbonyl (C=O) groups excluding carboxylic acids is 2. The summed E-state index contributed by atoms with van der Waals surface area (Å²) in [4.78, 5) is 26.2. The molecule has 3 aromatic rings. The second kappa shape index (κ2) is 11.6. The zero-order valence-corrected chi connectivity index (χ0v) is 21.3. The molecule has 0 bridgehead atoms. The van der Waals surface area contributed by atoms with Crippen LogP contribution in [0.2, 0.25) is 5.02 Å². The monoisotopic (exact) mass is 532 g/mol. The Labute approximate surface area is 224 Å². The van der Waals surface area contributed by atoms with Crippen LogP contribution in [0.3, 0.4) is 0 Å². The maximum atomic E-state index is 13.6. The molecule has 0 aliphatic carbocycles. The number of ketones is 1. The van der Waals surface area contributed by atoms with Gasteiger partial charge >= 0.3 is 6.03 Å². The summed E-state index contributed by atoms with van der Waals surface area (Å²) in [6.07, 6.45) is 6.26. The lowest BCUT2D eigenvalue weighted by Gasteiger charge is -2.29. The minimum Gasteiger partial charge on any atom is -0.504 e. The normalized spacial score (nSPS) is 15.4. The highest BCUT2D eigenvalue weighted by molar-refractivity contribution is 6.31. The zero-order chi connectivity index (χ0) is 27.2. The lowest BCUT2D eigenvalue weighted by atomic mass is 9.91. The van der Waals surface area contributed by atoms with Gasteiger partial charge in [-0.1, -0.05) is 54.1 Å². The SMILES string of the molecule is COc1cc(/C=C/C(=O)C2=C(/C=C/c3ccc(O)c(OC)c3)NC(=O)NC2c2ccccc2Cl)ccc1O. The lowest BCUT2D eigenvalue weighted by Crippen LogP contribution is -2.45.